The first kappa shape index (κ1) is 14.3. The van der Waals surface area contributed by atoms with E-state index in [1.807, 2.05) is 12.1 Å². The SMILES string of the molecule is CCNC(C)c1ccc(-n2ccc(C(=O)NC)n2)cc1. The molecule has 1 aromatic carbocycles. The second-order valence-electron chi connectivity index (χ2n) is 4.60. The molecule has 0 saturated carbocycles. The molecule has 0 radical (unpaired) electrons. The van der Waals surface area contributed by atoms with Crippen LogP contribution in [0.15, 0.2) is 36.5 Å². The summed E-state index contributed by atoms with van der Waals surface area (Å²) in [6.45, 7) is 5.17. The van der Waals surface area contributed by atoms with Gasteiger partial charge in [-0.2, -0.15) is 5.10 Å². The van der Waals surface area contributed by atoms with Gasteiger partial charge in [0.2, 0.25) is 0 Å². The zero-order chi connectivity index (χ0) is 14.5. The van der Waals surface area contributed by atoms with E-state index in [-0.39, 0.29) is 5.91 Å². The summed E-state index contributed by atoms with van der Waals surface area (Å²) < 4.78 is 1.70. The van der Waals surface area contributed by atoms with Gasteiger partial charge in [-0.25, -0.2) is 4.68 Å². The number of carbonyl (C=O) groups excluding carboxylic acids is 1. The molecule has 2 rings (SSSR count). The molecule has 20 heavy (non-hydrogen) atoms. The van der Waals surface area contributed by atoms with Crippen molar-refractivity contribution in [1.82, 2.24) is 20.4 Å². The van der Waals surface area contributed by atoms with Gasteiger partial charge in [0.05, 0.1) is 5.69 Å². The molecule has 1 atom stereocenters. The van der Waals surface area contributed by atoms with E-state index in [0.717, 1.165) is 12.2 Å². The van der Waals surface area contributed by atoms with Crippen LogP contribution in [-0.2, 0) is 0 Å². The third-order valence-electron chi connectivity index (χ3n) is 3.22. The van der Waals surface area contributed by atoms with Gasteiger partial charge in [-0.05, 0) is 37.2 Å². The summed E-state index contributed by atoms with van der Waals surface area (Å²) in [5, 5.41) is 10.2. The van der Waals surface area contributed by atoms with Crippen LogP contribution in [0.25, 0.3) is 5.69 Å². The molecule has 5 heteroatoms. The number of benzene rings is 1. The number of nitrogens with one attached hydrogen (secondary N) is 2. The molecule has 0 bridgehead atoms. The first-order valence-electron chi connectivity index (χ1n) is 6.77. The Labute approximate surface area is 119 Å². The molecule has 1 unspecified atom stereocenters. The molecule has 1 amide bonds. The van der Waals surface area contributed by atoms with Crippen LogP contribution in [0, 0.1) is 0 Å². The van der Waals surface area contributed by atoms with E-state index in [1.165, 1.54) is 5.56 Å². The van der Waals surface area contributed by atoms with Gasteiger partial charge in [0, 0.05) is 19.3 Å². The Balaban J connectivity index is 2.17. The van der Waals surface area contributed by atoms with Crippen LogP contribution < -0.4 is 10.6 Å². The maximum Gasteiger partial charge on any atom is 0.271 e. The van der Waals surface area contributed by atoms with Gasteiger partial charge in [0.25, 0.3) is 5.91 Å². The highest BCUT2D eigenvalue weighted by Gasteiger charge is 2.08. The van der Waals surface area contributed by atoms with Crippen molar-refractivity contribution in [3.05, 3.63) is 47.8 Å². The van der Waals surface area contributed by atoms with Crippen LogP contribution >= 0.6 is 0 Å². The lowest BCUT2D eigenvalue weighted by molar-refractivity contribution is 0.0957. The second-order valence-corrected chi connectivity index (χ2v) is 4.60. The zero-order valence-electron chi connectivity index (χ0n) is 12.1. The third kappa shape index (κ3) is 3.05. The molecule has 0 aliphatic carbocycles. The van der Waals surface area contributed by atoms with Crippen molar-refractivity contribution in [3.63, 3.8) is 0 Å². The molecule has 2 aromatic rings. The van der Waals surface area contributed by atoms with Crippen molar-refractivity contribution in [1.29, 1.82) is 0 Å². The lowest BCUT2D eigenvalue weighted by Gasteiger charge is -2.13. The summed E-state index contributed by atoms with van der Waals surface area (Å²) in [4.78, 5) is 11.5. The summed E-state index contributed by atoms with van der Waals surface area (Å²) in [6.07, 6.45) is 1.79. The summed E-state index contributed by atoms with van der Waals surface area (Å²) in [6, 6.07) is 10.2. The van der Waals surface area contributed by atoms with Gasteiger partial charge < -0.3 is 10.6 Å². The fourth-order valence-corrected chi connectivity index (χ4v) is 2.06. The van der Waals surface area contributed by atoms with Crippen LogP contribution in [-0.4, -0.2) is 29.3 Å². The van der Waals surface area contributed by atoms with E-state index in [2.05, 4.69) is 41.7 Å². The van der Waals surface area contributed by atoms with Crippen LogP contribution in [0.2, 0.25) is 0 Å². The van der Waals surface area contributed by atoms with Crippen LogP contribution in [0.1, 0.15) is 35.9 Å². The van der Waals surface area contributed by atoms with Gasteiger partial charge in [-0.15, -0.1) is 0 Å². The number of carbonyl (C=O) groups is 1. The van der Waals surface area contributed by atoms with Crippen molar-refractivity contribution in [2.75, 3.05) is 13.6 Å². The second kappa shape index (κ2) is 6.34. The molecule has 0 spiro atoms. The first-order valence-corrected chi connectivity index (χ1v) is 6.77. The number of hydrogen-bond acceptors (Lipinski definition) is 3. The minimum atomic E-state index is -0.180. The standard InChI is InChI=1S/C15H20N4O/c1-4-17-11(2)12-5-7-13(8-6-12)19-10-9-14(18-19)15(20)16-3/h5-11,17H,4H2,1-3H3,(H,16,20). The smallest absolute Gasteiger partial charge is 0.271 e. The average Bonchev–Trinajstić information content (AvgIpc) is 2.96. The maximum atomic E-state index is 11.5. The fourth-order valence-electron chi connectivity index (χ4n) is 2.06. The lowest BCUT2D eigenvalue weighted by atomic mass is 10.1. The average molecular weight is 272 g/mol. The molecule has 1 aromatic heterocycles. The third-order valence-corrected chi connectivity index (χ3v) is 3.22. The van der Waals surface area contributed by atoms with Gasteiger partial charge in [-0.3, -0.25) is 4.79 Å². The number of rotatable bonds is 5. The molecule has 2 N–H and O–H groups in total. The van der Waals surface area contributed by atoms with Crippen molar-refractivity contribution in [2.24, 2.45) is 0 Å². The summed E-state index contributed by atoms with van der Waals surface area (Å²) >= 11 is 0. The monoisotopic (exact) mass is 272 g/mol. The van der Waals surface area contributed by atoms with Crippen LogP contribution in [0.4, 0.5) is 0 Å². The van der Waals surface area contributed by atoms with E-state index < -0.39 is 0 Å². The van der Waals surface area contributed by atoms with Gasteiger partial charge in [-0.1, -0.05) is 19.1 Å². The van der Waals surface area contributed by atoms with E-state index in [9.17, 15) is 4.79 Å². The highest BCUT2D eigenvalue weighted by Crippen LogP contribution is 2.15. The highest BCUT2D eigenvalue weighted by atomic mass is 16.1. The zero-order valence-corrected chi connectivity index (χ0v) is 12.1. The molecule has 0 aliphatic rings. The Kier molecular flexibility index (Phi) is 4.53. The molecular weight excluding hydrogens is 252 g/mol. The fraction of sp³-hybridized carbons (Fsp3) is 0.333. The number of nitrogens with zero attached hydrogens (tertiary/aromatic N) is 2. The minimum absolute atomic E-state index is 0.180. The molecule has 0 saturated heterocycles. The number of hydrogen-bond donors (Lipinski definition) is 2. The predicted octanol–water partition coefficient (Wildman–Crippen LogP) is 1.90. The molecule has 0 aliphatic heterocycles. The van der Waals surface area contributed by atoms with Crippen molar-refractivity contribution < 1.29 is 4.79 Å². The Morgan fingerprint density at radius 3 is 2.60 bits per heavy atom. The summed E-state index contributed by atoms with van der Waals surface area (Å²) in [5.41, 5.74) is 2.58. The van der Waals surface area contributed by atoms with E-state index in [1.54, 1.807) is 24.0 Å². The predicted molar refractivity (Wildman–Crippen MR) is 79.0 cm³/mol. The van der Waals surface area contributed by atoms with Crippen LogP contribution in [0.5, 0.6) is 0 Å². The molecular formula is C15H20N4O. The number of aromatic nitrogens is 2. The van der Waals surface area contributed by atoms with E-state index in [4.69, 9.17) is 0 Å². The molecule has 1 heterocycles. The van der Waals surface area contributed by atoms with Gasteiger partial charge >= 0.3 is 0 Å². The Bertz CT molecular complexity index is 574. The maximum absolute atomic E-state index is 11.5. The topological polar surface area (TPSA) is 59.0 Å². The lowest BCUT2D eigenvalue weighted by Crippen LogP contribution is -2.18. The van der Waals surface area contributed by atoms with E-state index in [0.29, 0.717) is 11.7 Å². The van der Waals surface area contributed by atoms with Crippen molar-refractivity contribution in [3.8, 4) is 5.69 Å². The van der Waals surface area contributed by atoms with Gasteiger partial charge in [0.15, 0.2) is 5.69 Å². The Hall–Kier alpha value is -2.14. The molecule has 106 valence electrons. The van der Waals surface area contributed by atoms with Crippen molar-refractivity contribution in [2.45, 2.75) is 19.9 Å². The van der Waals surface area contributed by atoms with Crippen molar-refractivity contribution >= 4 is 5.91 Å². The molecule has 0 fully saturated rings. The Morgan fingerprint density at radius 2 is 2.00 bits per heavy atom. The Morgan fingerprint density at radius 1 is 1.30 bits per heavy atom. The van der Waals surface area contributed by atoms with Gasteiger partial charge in [0.1, 0.15) is 0 Å². The normalized spacial score (nSPS) is 12.2. The molecule has 5 nitrogen and oxygen atoms in total. The first-order chi connectivity index (χ1) is 9.65. The van der Waals surface area contributed by atoms with Crippen LogP contribution in [0.3, 0.4) is 0 Å². The highest BCUT2D eigenvalue weighted by molar-refractivity contribution is 5.91. The summed E-state index contributed by atoms with van der Waals surface area (Å²) in [5.74, 6) is -0.180. The number of amides is 1. The largest absolute Gasteiger partial charge is 0.354 e. The summed E-state index contributed by atoms with van der Waals surface area (Å²) in [7, 11) is 1.60. The quantitative estimate of drug-likeness (QED) is 0.874. The van der Waals surface area contributed by atoms with E-state index >= 15 is 0 Å². The minimum Gasteiger partial charge on any atom is -0.354 e.